The topological polar surface area (TPSA) is 214 Å². The quantitative estimate of drug-likeness (QED) is 0.0951. The highest BCUT2D eigenvalue weighted by molar-refractivity contribution is 6.21. The van der Waals surface area contributed by atoms with Gasteiger partial charge < -0.3 is 49.4 Å². The molecule has 0 aromatic heterocycles. The summed E-state index contributed by atoms with van der Waals surface area (Å²) in [6, 6.07) is 1.28. The van der Waals surface area contributed by atoms with Crippen LogP contribution in [0.5, 0.6) is 23.0 Å². The van der Waals surface area contributed by atoms with Gasteiger partial charge in [-0.05, 0) is 39.7 Å². The van der Waals surface area contributed by atoms with Crippen LogP contribution in [0.4, 0.5) is 5.69 Å². The molecule has 0 saturated carbocycles. The predicted molar refractivity (Wildman–Crippen MR) is 237 cm³/mol. The van der Waals surface area contributed by atoms with Crippen molar-refractivity contribution in [1.82, 2.24) is 10.0 Å². The largest absolute Gasteiger partial charge is 0.507 e. The Hall–Kier alpha value is -5.16. The van der Waals surface area contributed by atoms with Crippen molar-refractivity contribution >= 4 is 40.0 Å². The molecule has 2 amide bonds. The Morgan fingerprint density at radius 3 is 2.16 bits per heavy atom. The number of esters is 1. The van der Waals surface area contributed by atoms with Crippen LogP contribution in [-0.4, -0.2) is 118 Å². The summed E-state index contributed by atoms with van der Waals surface area (Å²) in [5.41, 5.74) is -0.0142. The lowest BCUT2D eigenvalue weighted by molar-refractivity contribution is -0.160. The smallest absolute Gasteiger partial charge is 0.312 e. The zero-order valence-electron chi connectivity index (χ0n) is 38.7. The van der Waals surface area contributed by atoms with Gasteiger partial charge in [0.1, 0.15) is 23.4 Å². The van der Waals surface area contributed by atoms with Gasteiger partial charge in [0.2, 0.25) is 0 Å². The number of phenols is 2. The number of rotatable bonds is 11. The van der Waals surface area contributed by atoms with Crippen LogP contribution in [0.3, 0.4) is 0 Å². The minimum atomic E-state index is -2.04. The number of ketones is 1. The van der Waals surface area contributed by atoms with E-state index in [1.165, 1.54) is 59.3 Å². The summed E-state index contributed by atoms with van der Waals surface area (Å²) in [6.07, 6.45) is 5.20. The maximum atomic E-state index is 14.6. The first-order valence-electron chi connectivity index (χ1n) is 21.7. The van der Waals surface area contributed by atoms with E-state index in [1.807, 2.05) is 25.8 Å². The van der Waals surface area contributed by atoms with E-state index in [4.69, 9.17) is 23.7 Å². The number of carbonyl (C=O) groups is 4. The molecule has 9 atom stereocenters. The van der Waals surface area contributed by atoms with Gasteiger partial charge in [0.25, 0.3) is 17.6 Å². The number of likely N-dealkylation sites (N-methyl/N-ethyl adjacent to an activating group) is 1. The summed E-state index contributed by atoms with van der Waals surface area (Å²) in [4.78, 5) is 54.5. The Balaban J connectivity index is 1.94. The molecule has 3 aliphatic rings. The Kier molecular flexibility index (Phi) is 17.2. The lowest BCUT2D eigenvalue weighted by atomic mass is 9.78. The molecule has 348 valence electrons. The Morgan fingerprint density at radius 1 is 0.921 bits per heavy atom. The molecule has 5 rings (SSSR count). The number of anilines is 1. The van der Waals surface area contributed by atoms with Crippen LogP contribution in [0, 0.1) is 30.6 Å². The number of Topliss-reactive ketones (excluding diaryl/α,β-unsaturated/α-hetero) is 1. The predicted octanol–water partition coefficient (Wildman–Crippen LogP) is 6.31. The lowest BCUT2D eigenvalue weighted by Crippen LogP contribution is -2.48. The summed E-state index contributed by atoms with van der Waals surface area (Å²) in [5, 5.41) is 52.3. The van der Waals surface area contributed by atoms with Gasteiger partial charge in [0.15, 0.2) is 12.4 Å². The average Bonchev–Trinajstić information content (AvgIpc) is 3.51. The van der Waals surface area contributed by atoms with Crippen LogP contribution in [-0.2, 0) is 28.6 Å². The first-order chi connectivity index (χ1) is 29.7. The van der Waals surface area contributed by atoms with Gasteiger partial charge in [-0.2, -0.15) is 0 Å². The second-order valence-electron chi connectivity index (χ2n) is 16.8. The van der Waals surface area contributed by atoms with Crippen LogP contribution in [0.15, 0.2) is 42.2 Å². The van der Waals surface area contributed by atoms with Crippen LogP contribution in [0.2, 0.25) is 0 Å². The highest BCUT2D eigenvalue weighted by atomic mass is 16.7. The van der Waals surface area contributed by atoms with Crippen molar-refractivity contribution in [3.8, 4) is 23.0 Å². The van der Waals surface area contributed by atoms with Gasteiger partial charge >= 0.3 is 11.8 Å². The number of aliphatic hydroxyl groups excluding tert-OH is 2. The van der Waals surface area contributed by atoms with Gasteiger partial charge in [-0.25, -0.2) is 5.01 Å². The van der Waals surface area contributed by atoms with Crippen molar-refractivity contribution in [2.24, 2.45) is 23.7 Å². The van der Waals surface area contributed by atoms with Gasteiger partial charge in [-0.1, -0.05) is 59.8 Å². The number of carbonyl (C=O) groups excluding carboxylic acids is 4. The van der Waals surface area contributed by atoms with Gasteiger partial charge in [0, 0.05) is 86.9 Å². The SMILES string of the molecule is CCCN(CCC)N(CC)C(=O)COc1cc2c(O)c3c(O)c(C)c4c(c13)C(=O)C(C)(O/C=C\C(OC)C(C)C(OC(C)=O)C(C)C(O)C(C)C(O)C(C)/C=C\C=C(\C)C(=O)N2)O4. The number of aliphatic hydroxyl groups is 2. The van der Waals surface area contributed by atoms with E-state index in [1.54, 1.807) is 44.9 Å². The molecule has 5 bridgehead atoms. The molecule has 5 N–H and O–H groups in total. The number of nitrogens with one attached hydrogen (secondary N) is 1. The molecular weight excluding hydrogens is 815 g/mol. The maximum Gasteiger partial charge on any atom is 0.312 e. The number of phenolic OH excluding ortho intramolecular Hbond substituents is 2. The molecule has 16 heteroatoms. The van der Waals surface area contributed by atoms with Crippen LogP contribution in [0.1, 0.15) is 98.0 Å². The molecule has 2 aromatic rings. The summed E-state index contributed by atoms with van der Waals surface area (Å²) in [7, 11) is 1.44. The number of hydrazine groups is 1. The minimum absolute atomic E-state index is 0.0588. The molecule has 0 radical (unpaired) electrons. The van der Waals surface area contributed by atoms with Crippen LogP contribution >= 0.6 is 0 Å². The number of nitrogens with zero attached hydrogens (tertiary/aromatic N) is 2. The standard InChI is InChI=1S/C47H67N3O13/c1-13-20-49(21-14-2)50(15-3)35(52)24-60-34-23-32-42(56)37-36(34)38-44(30(9)41(37)55)63-47(11,45(38)57)61-22-19-33(59-12)27(6)43(62-31(10)51)29(8)40(54)28(7)39(53)25(4)17-16-18-26(5)46(58)48-32/h16-19,22-23,25,27-29,33,39-40,43,53-56H,13-15,20-21,24H2,1-12H3,(H,48,58)/b17-16-,22-19-,26-18-. The number of aromatic hydroxyl groups is 2. The normalized spacial score (nSPS) is 28.8. The second kappa shape index (κ2) is 21.5. The van der Waals surface area contributed by atoms with E-state index in [0.717, 1.165) is 12.8 Å². The highest BCUT2D eigenvalue weighted by Crippen LogP contribution is 2.54. The summed E-state index contributed by atoms with van der Waals surface area (Å²) in [5.74, 6) is -8.08. The number of benzene rings is 2. The second-order valence-corrected chi connectivity index (χ2v) is 16.8. The number of ether oxygens (including phenoxy) is 5. The fourth-order valence-electron chi connectivity index (χ4n) is 8.37. The van der Waals surface area contributed by atoms with Crippen molar-refractivity contribution in [2.45, 2.75) is 119 Å². The number of allylic oxidation sites excluding steroid dienone is 2. The number of hydrogen-bond acceptors (Lipinski definition) is 14. The zero-order valence-corrected chi connectivity index (χ0v) is 38.7. The fourth-order valence-corrected chi connectivity index (χ4v) is 8.37. The minimum Gasteiger partial charge on any atom is -0.507 e. The van der Waals surface area contributed by atoms with Gasteiger partial charge in [0.05, 0.1) is 41.2 Å². The van der Waals surface area contributed by atoms with Crippen molar-refractivity contribution in [1.29, 1.82) is 0 Å². The van der Waals surface area contributed by atoms with E-state index in [2.05, 4.69) is 5.32 Å². The Labute approximate surface area is 370 Å². The lowest BCUT2D eigenvalue weighted by Gasteiger charge is -2.38. The molecule has 3 aliphatic heterocycles. The molecule has 63 heavy (non-hydrogen) atoms. The Morgan fingerprint density at radius 2 is 1.57 bits per heavy atom. The molecule has 3 heterocycles. The monoisotopic (exact) mass is 881 g/mol. The van der Waals surface area contributed by atoms with Crippen LogP contribution < -0.4 is 14.8 Å². The highest BCUT2D eigenvalue weighted by Gasteiger charge is 2.50. The molecule has 0 saturated heterocycles. The Bertz CT molecular complexity index is 2090. The molecule has 2 aromatic carbocycles. The molecular formula is C47H67N3O13. The molecule has 0 fully saturated rings. The van der Waals surface area contributed by atoms with Crippen molar-refractivity contribution in [3.05, 3.63) is 53.3 Å². The van der Waals surface area contributed by atoms with Crippen molar-refractivity contribution in [3.63, 3.8) is 0 Å². The third-order valence-corrected chi connectivity index (χ3v) is 12.1. The van der Waals surface area contributed by atoms with E-state index >= 15 is 0 Å². The number of amides is 2. The fraction of sp³-hybridized carbons (Fsp3) is 0.574. The molecule has 16 nitrogen and oxygen atoms in total. The maximum absolute atomic E-state index is 14.6. The average molecular weight is 882 g/mol. The first-order valence-corrected chi connectivity index (χ1v) is 21.7. The number of hydrogen-bond donors (Lipinski definition) is 5. The summed E-state index contributed by atoms with van der Waals surface area (Å²) in [6.45, 7) is 19.6. The zero-order chi connectivity index (χ0) is 47.1. The third kappa shape index (κ3) is 10.8. The number of methoxy groups -OCH3 is 1. The van der Waals surface area contributed by atoms with Gasteiger partial charge in [-0.15, -0.1) is 0 Å². The van der Waals surface area contributed by atoms with E-state index < -0.39 is 89.6 Å². The van der Waals surface area contributed by atoms with E-state index in [9.17, 15) is 39.6 Å². The first kappa shape index (κ1) is 50.5. The summed E-state index contributed by atoms with van der Waals surface area (Å²) < 4.78 is 30.0. The van der Waals surface area contributed by atoms with E-state index in [-0.39, 0.29) is 50.6 Å². The molecule has 9 unspecified atom stereocenters. The number of fused-ring (bicyclic) bond motifs is 14. The van der Waals surface area contributed by atoms with Crippen molar-refractivity contribution < 1.29 is 63.3 Å². The third-order valence-electron chi connectivity index (χ3n) is 12.1. The molecule has 0 aliphatic carbocycles. The van der Waals surface area contributed by atoms with Gasteiger partial charge in [-0.3, -0.25) is 24.2 Å². The van der Waals surface area contributed by atoms with Crippen molar-refractivity contribution in [2.75, 3.05) is 38.7 Å². The summed E-state index contributed by atoms with van der Waals surface area (Å²) >= 11 is 0. The van der Waals surface area contributed by atoms with Crippen LogP contribution in [0.25, 0.3) is 10.8 Å². The molecule has 0 spiro atoms. The van der Waals surface area contributed by atoms with E-state index in [0.29, 0.717) is 19.6 Å².